The predicted octanol–water partition coefficient (Wildman–Crippen LogP) is 5.36. The highest BCUT2D eigenvalue weighted by Crippen LogP contribution is 2.37. The van der Waals surface area contributed by atoms with Crippen LogP contribution in [0.5, 0.6) is 5.75 Å². The smallest absolute Gasteiger partial charge is 0.131 e. The molecule has 0 heterocycles. The Morgan fingerprint density at radius 2 is 1.60 bits per heavy atom. The molecule has 0 saturated carbocycles. The van der Waals surface area contributed by atoms with Crippen LogP contribution in [0.1, 0.15) is 16.0 Å². The molecule has 0 aliphatic heterocycles. The summed E-state index contributed by atoms with van der Waals surface area (Å²) in [6.45, 7) is 0. The minimum Gasteiger partial charge on any atom is -0.497 e. The molecular formula is C14H9Br2F3O. The van der Waals surface area contributed by atoms with Gasteiger partial charge < -0.3 is 4.74 Å². The quantitative estimate of drug-likeness (QED) is 0.620. The van der Waals surface area contributed by atoms with Crippen molar-refractivity contribution >= 4 is 31.9 Å². The molecule has 2 aromatic rings. The lowest BCUT2D eigenvalue weighted by Gasteiger charge is -2.14. The Morgan fingerprint density at radius 1 is 1.00 bits per heavy atom. The second-order valence-electron chi connectivity index (χ2n) is 4.03. The number of alkyl halides is 1. The summed E-state index contributed by atoms with van der Waals surface area (Å²) in [5.41, 5.74) is -0.108. The van der Waals surface area contributed by atoms with Gasteiger partial charge in [-0.15, -0.1) is 0 Å². The highest BCUT2D eigenvalue weighted by Gasteiger charge is 2.23. The molecule has 0 radical (unpaired) electrons. The van der Waals surface area contributed by atoms with E-state index in [9.17, 15) is 13.2 Å². The topological polar surface area (TPSA) is 9.23 Å². The van der Waals surface area contributed by atoms with E-state index >= 15 is 0 Å². The molecule has 0 amide bonds. The van der Waals surface area contributed by atoms with Gasteiger partial charge in [-0.25, -0.2) is 13.2 Å². The van der Waals surface area contributed by atoms with Crippen LogP contribution in [0.4, 0.5) is 13.2 Å². The van der Waals surface area contributed by atoms with E-state index in [2.05, 4.69) is 31.9 Å². The van der Waals surface area contributed by atoms with E-state index in [0.29, 0.717) is 5.75 Å². The number of hydrogen-bond donors (Lipinski definition) is 0. The molecule has 0 aromatic heterocycles. The molecule has 2 rings (SSSR count). The molecule has 0 aliphatic rings. The van der Waals surface area contributed by atoms with E-state index in [1.54, 1.807) is 0 Å². The predicted molar refractivity (Wildman–Crippen MR) is 77.8 cm³/mol. The normalized spacial score (nSPS) is 12.3. The summed E-state index contributed by atoms with van der Waals surface area (Å²) in [5, 5.41) is 0. The lowest BCUT2D eigenvalue weighted by molar-refractivity contribution is 0.410. The van der Waals surface area contributed by atoms with Gasteiger partial charge in [-0.1, -0.05) is 37.9 Å². The molecule has 1 nitrogen and oxygen atoms in total. The molecule has 20 heavy (non-hydrogen) atoms. The van der Waals surface area contributed by atoms with Crippen molar-refractivity contribution in [2.45, 2.75) is 4.83 Å². The molecule has 1 unspecified atom stereocenters. The van der Waals surface area contributed by atoms with Gasteiger partial charge >= 0.3 is 0 Å². The van der Waals surface area contributed by atoms with Crippen LogP contribution in [0.15, 0.2) is 34.8 Å². The standard InChI is InChI=1S/C14H9Br2F3O/c1-20-8-2-3-9(10(17)6-8)14(16)13-11(18)4-7(15)5-12(13)19/h2-6,14H,1H3. The number of ether oxygens (including phenoxy) is 1. The zero-order chi connectivity index (χ0) is 14.9. The number of hydrogen-bond acceptors (Lipinski definition) is 1. The van der Waals surface area contributed by atoms with E-state index in [-0.39, 0.29) is 15.6 Å². The fourth-order valence-electron chi connectivity index (χ4n) is 1.79. The van der Waals surface area contributed by atoms with Crippen molar-refractivity contribution < 1.29 is 17.9 Å². The van der Waals surface area contributed by atoms with Gasteiger partial charge in [0.25, 0.3) is 0 Å². The maximum absolute atomic E-state index is 14.0. The summed E-state index contributed by atoms with van der Waals surface area (Å²) in [4.78, 5) is -0.929. The maximum atomic E-state index is 14.0. The van der Waals surface area contributed by atoms with Crippen LogP contribution in [0.3, 0.4) is 0 Å². The highest BCUT2D eigenvalue weighted by atomic mass is 79.9. The van der Waals surface area contributed by atoms with Crippen LogP contribution in [0.2, 0.25) is 0 Å². The Balaban J connectivity index is 2.49. The third-order valence-electron chi connectivity index (χ3n) is 2.78. The Bertz CT molecular complexity index is 623. The Labute approximate surface area is 131 Å². The first-order valence-corrected chi connectivity index (χ1v) is 7.27. The molecule has 1 atom stereocenters. The fourth-order valence-corrected chi connectivity index (χ4v) is 3.00. The molecule has 0 N–H and O–H groups in total. The average Bonchev–Trinajstić information content (AvgIpc) is 2.37. The summed E-state index contributed by atoms with van der Waals surface area (Å²) >= 11 is 6.14. The summed E-state index contributed by atoms with van der Waals surface area (Å²) in [6.07, 6.45) is 0. The second-order valence-corrected chi connectivity index (χ2v) is 5.86. The van der Waals surface area contributed by atoms with Crippen molar-refractivity contribution in [3.63, 3.8) is 0 Å². The summed E-state index contributed by atoms with van der Waals surface area (Å²) in [6, 6.07) is 6.39. The molecule has 0 aliphatic carbocycles. The Kier molecular flexibility index (Phi) is 4.75. The van der Waals surface area contributed by atoms with Crippen molar-refractivity contribution in [1.29, 1.82) is 0 Å². The number of benzene rings is 2. The molecule has 106 valence electrons. The van der Waals surface area contributed by atoms with Gasteiger partial charge in [-0.05, 0) is 18.2 Å². The highest BCUT2D eigenvalue weighted by molar-refractivity contribution is 9.10. The first-order chi connectivity index (χ1) is 9.43. The molecule has 0 saturated heterocycles. The fraction of sp³-hybridized carbons (Fsp3) is 0.143. The third kappa shape index (κ3) is 3.01. The van der Waals surface area contributed by atoms with Gasteiger partial charge in [0.2, 0.25) is 0 Å². The van der Waals surface area contributed by atoms with E-state index < -0.39 is 22.3 Å². The van der Waals surface area contributed by atoms with Gasteiger partial charge in [0.15, 0.2) is 0 Å². The van der Waals surface area contributed by atoms with Crippen molar-refractivity contribution in [1.82, 2.24) is 0 Å². The summed E-state index contributed by atoms with van der Waals surface area (Å²) < 4.78 is 46.9. The van der Waals surface area contributed by atoms with Gasteiger partial charge in [-0.3, -0.25) is 0 Å². The van der Waals surface area contributed by atoms with E-state index in [1.165, 1.54) is 19.2 Å². The van der Waals surface area contributed by atoms with Crippen LogP contribution >= 0.6 is 31.9 Å². The Hall–Kier alpha value is -1.01. The minimum absolute atomic E-state index is 0.130. The monoisotopic (exact) mass is 408 g/mol. The molecule has 0 fully saturated rings. The molecular weight excluding hydrogens is 401 g/mol. The zero-order valence-electron chi connectivity index (χ0n) is 10.3. The SMILES string of the molecule is COc1ccc(C(Br)c2c(F)cc(Br)cc2F)c(F)c1. The van der Waals surface area contributed by atoms with Crippen LogP contribution in [0, 0.1) is 17.5 Å². The zero-order valence-corrected chi connectivity index (χ0v) is 13.4. The lowest BCUT2D eigenvalue weighted by Crippen LogP contribution is -2.03. The maximum Gasteiger partial charge on any atom is 0.131 e. The van der Waals surface area contributed by atoms with Crippen molar-refractivity contribution in [2.75, 3.05) is 7.11 Å². The van der Waals surface area contributed by atoms with Crippen LogP contribution in [-0.4, -0.2) is 7.11 Å². The number of rotatable bonds is 3. The molecule has 0 bridgehead atoms. The summed E-state index contributed by atoms with van der Waals surface area (Å²) in [7, 11) is 1.41. The molecule has 2 aromatic carbocycles. The van der Waals surface area contributed by atoms with Gasteiger partial charge in [0.05, 0.1) is 11.9 Å². The Morgan fingerprint density at radius 3 is 2.10 bits per heavy atom. The first kappa shape index (κ1) is 15.4. The average molecular weight is 410 g/mol. The minimum atomic E-state index is -0.929. The van der Waals surface area contributed by atoms with Gasteiger partial charge in [-0.2, -0.15) is 0 Å². The van der Waals surface area contributed by atoms with Crippen LogP contribution in [0.25, 0.3) is 0 Å². The molecule has 0 spiro atoms. The van der Waals surface area contributed by atoms with Crippen molar-refractivity contribution in [3.8, 4) is 5.75 Å². The number of halogens is 5. The van der Waals surface area contributed by atoms with Gasteiger partial charge in [0.1, 0.15) is 23.2 Å². The van der Waals surface area contributed by atoms with Crippen molar-refractivity contribution in [3.05, 3.63) is 63.4 Å². The largest absolute Gasteiger partial charge is 0.497 e. The van der Waals surface area contributed by atoms with Crippen LogP contribution in [-0.2, 0) is 0 Å². The number of methoxy groups -OCH3 is 1. The third-order valence-corrected chi connectivity index (χ3v) is 4.19. The van der Waals surface area contributed by atoms with E-state index in [0.717, 1.165) is 18.2 Å². The van der Waals surface area contributed by atoms with E-state index in [1.807, 2.05) is 0 Å². The first-order valence-electron chi connectivity index (χ1n) is 5.56. The second kappa shape index (κ2) is 6.18. The summed E-state index contributed by atoms with van der Waals surface area (Å²) in [5.74, 6) is -1.78. The van der Waals surface area contributed by atoms with E-state index in [4.69, 9.17) is 4.74 Å². The van der Waals surface area contributed by atoms with Crippen molar-refractivity contribution in [2.24, 2.45) is 0 Å². The van der Waals surface area contributed by atoms with Gasteiger partial charge in [0, 0.05) is 21.7 Å². The lowest BCUT2D eigenvalue weighted by atomic mass is 10.0. The van der Waals surface area contributed by atoms with Crippen LogP contribution < -0.4 is 4.74 Å². The molecule has 6 heteroatoms.